The van der Waals surface area contributed by atoms with Crippen molar-refractivity contribution in [1.82, 2.24) is 29.9 Å². The van der Waals surface area contributed by atoms with Crippen molar-refractivity contribution in [1.29, 1.82) is 0 Å². The number of nitrogens with one attached hydrogen (secondary N) is 1. The number of aromatic nitrogens is 6. The zero-order valence-electron chi connectivity index (χ0n) is 39.5. The number of halogens is 4. The molecule has 0 bridgehead atoms. The summed E-state index contributed by atoms with van der Waals surface area (Å²) in [5.41, 5.74) is 4.71. The van der Waals surface area contributed by atoms with Crippen LogP contribution in [0.3, 0.4) is 0 Å². The second-order valence-electron chi connectivity index (χ2n) is 14.7. The standard InChI is InChI=1S/C19H16ClN3O2.C17H12ClN3O2.C13H13N3O2.C6H4ClI/c1-2-25-18(24)14-12-21-19(22-13-14)23(15-8-4-3-5-9-15)17-11-7-6-10-16(17)20;18-14-8-4-5-9-15(14)21(13-6-2-1-3-7-13)17-19-10-12(11-20-17)16(22)23;1-2-18-12(17)10-8-14-13(15-9-10)16-11-6-4-3-5-7-11;7-5-3-1-2-4-6(5)8/h3-13H,2H2,1H3;1-11H,(H,22,23);3-9H,2H2,1H3,(H,14,15,16);1-4H. The molecule has 3 aromatic heterocycles. The second-order valence-corrected chi connectivity index (χ2v) is 17.1. The van der Waals surface area contributed by atoms with E-state index in [2.05, 4.69) is 57.8 Å². The van der Waals surface area contributed by atoms with Crippen molar-refractivity contribution in [3.05, 3.63) is 236 Å². The Morgan fingerprint density at radius 1 is 0.486 bits per heavy atom. The highest BCUT2D eigenvalue weighted by molar-refractivity contribution is 14.1. The molecule has 0 saturated heterocycles. The van der Waals surface area contributed by atoms with Crippen LogP contribution in [0.25, 0.3) is 0 Å². The third-order valence-corrected chi connectivity index (χ3v) is 11.9. The van der Waals surface area contributed by atoms with Crippen molar-refractivity contribution < 1.29 is 29.0 Å². The minimum Gasteiger partial charge on any atom is -0.478 e. The van der Waals surface area contributed by atoms with Crippen LogP contribution in [0.1, 0.15) is 44.9 Å². The third-order valence-electron chi connectivity index (χ3n) is 9.67. The smallest absolute Gasteiger partial charge is 0.341 e. The highest BCUT2D eigenvalue weighted by Crippen LogP contribution is 2.38. The molecule has 0 atom stereocenters. The summed E-state index contributed by atoms with van der Waals surface area (Å²) < 4.78 is 10.9. The fourth-order valence-corrected chi connectivity index (χ4v) is 7.21. The first-order valence-electron chi connectivity index (χ1n) is 22.4. The van der Waals surface area contributed by atoms with E-state index in [0.29, 0.717) is 57.9 Å². The van der Waals surface area contributed by atoms with Crippen LogP contribution in [-0.2, 0) is 9.47 Å². The maximum Gasteiger partial charge on any atom is 0.341 e. The van der Waals surface area contributed by atoms with Crippen molar-refractivity contribution in [2.75, 3.05) is 28.3 Å². The molecule has 374 valence electrons. The van der Waals surface area contributed by atoms with E-state index in [-0.39, 0.29) is 5.56 Å². The molecule has 2 N–H and O–H groups in total. The Kier molecular flexibility index (Phi) is 21.6. The molecule has 15 nitrogen and oxygen atoms in total. The van der Waals surface area contributed by atoms with Gasteiger partial charge in [0.2, 0.25) is 17.8 Å². The van der Waals surface area contributed by atoms with Gasteiger partial charge < -0.3 is 19.9 Å². The number of hydrogen-bond acceptors (Lipinski definition) is 14. The van der Waals surface area contributed by atoms with E-state index in [1.165, 1.54) is 37.2 Å². The Balaban J connectivity index is 0.000000169. The van der Waals surface area contributed by atoms with Gasteiger partial charge in [0.25, 0.3) is 0 Å². The van der Waals surface area contributed by atoms with Gasteiger partial charge in [-0.05, 0) is 109 Å². The van der Waals surface area contributed by atoms with Crippen molar-refractivity contribution >= 4 is 122 Å². The van der Waals surface area contributed by atoms with Crippen molar-refractivity contribution in [2.24, 2.45) is 0 Å². The van der Waals surface area contributed by atoms with Crippen molar-refractivity contribution in [2.45, 2.75) is 13.8 Å². The molecule has 19 heteroatoms. The highest BCUT2D eigenvalue weighted by atomic mass is 127. The largest absolute Gasteiger partial charge is 0.478 e. The number of carbonyl (C=O) groups is 3. The summed E-state index contributed by atoms with van der Waals surface area (Å²) in [6.07, 6.45) is 8.33. The number of rotatable bonds is 13. The monoisotopic (exact) mass is 1160 g/mol. The van der Waals surface area contributed by atoms with Crippen molar-refractivity contribution in [3.63, 3.8) is 0 Å². The maximum absolute atomic E-state index is 11.8. The predicted molar refractivity (Wildman–Crippen MR) is 298 cm³/mol. The number of para-hydroxylation sites is 5. The first-order chi connectivity index (χ1) is 36.0. The molecule has 0 aliphatic rings. The number of anilines is 8. The Morgan fingerprint density at radius 2 is 0.838 bits per heavy atom. The average molecular weight is 1160 g/mol. The molecule has 9 rings (SSSR count). The summed E-state index contributed by atoms with van der Waals surface area (Å²) in [5, 5.41) is 13.9. The lowest BCUT2D eigenvalue weighted by atomic mass is 10.2. The molecule has 74 heavy (non-hydrogen) atoms. The van der Waals surface area contributed by atoms with Gasteiger partial charge in [0.05, 0.1) is 56.3 Å². The van der Waals surface area contributed by atoms with Crippen LogP contribution in [0.5, 0.6) is 0 Å². The Hall–Kier alpha value is -8.03. The van der Waals surface area contributed by atoms with Crippen LogP contribution in [0.2, 0.25) is 15.1 Å². The zero-order chi connectivity index (χ0) is 52.7. The van der Waals surface area contributed by atoms with Gasteiger partial charge in [-0.15, -0.1) is 0 Å². The number of nitrogens with zero attached hydrogens (tertiary/aromatic N) is 8. The Labute approximate surface area is 456 Å². The number of carbonyl (C=O) groups excluding carboxylic acids is 2. The van der Waals surface area contributed by atoms with Gasteiger partial charge in [0.15, 0.2) is 0 Å². The minimum absolute atomic E-state index is 0.0286. The molecule has 0 unspecified atom stereocenters. The van der Waals surface area contributed by atoms with E-state index in [1.54, 1.807) is 30.9 Å². The Bertz CT molecular complexity index is 3170. The normalized spacial score (nSPS) is 10.1. The van der Waals surface area contributed by atoms with Gasteiger partial charge in [0.1, 0.15) is 0 Å². The number of esters is 2. The zero-order valence-corrected chi connectivity index (χ0v) is 44.0. The second kappa shape index (κ2) is 28.9. The first-order valence-corrected chi connectivity index (χ1v) is 24.6. The lowest BCUT2D eigenvalue weighted by molar-refractivity contribution is 0.0515. The fourth-order valence-electron chi connectivity index (χ4n) is 6.25. The summed E-state index contributed by atoms with van der Waals surface area (Å²) >= 11 is 20.6. The van der Waals surface area contributed by atoms with Crippen LogP contribution < -0.4 is 15.1 Å². The molecule has 6 aromatic carbocycles. The van der Waals surface area contributed by atoms with E-state index in [9.17, 15) is 14.4 Å². The summed E-state index contributed by atoms with van der Waals surface area (Å²) in [4.78, 5) is 62.8. The summed E-state index contributed by atoms with van der Waals surface area (Å²) in [7, 11) is 0. The topological polar surface area (TPSA) is 186 Å². The van der Waals surface area contributed by atoms with Gasteiger partial charge in [0, 0.05) is 57.8 Å². The fraction of sp³-hybridized carbons (Fsp3) is 0.0727. The van der Waals surface area contributed by atoms with Crippen molar-refractivity contribution in [3.8, 4) is 0 Å². The van der Waals surface area contributed by atoms with E-state index < -0.39 is 17.9 Å². The molecular formula is C55H45Cl3IN9O6. The molecule has 0 saturated carbocycles. The van der Waals surface area contributed by atoms with Crippen LogP contribution in [0, 0.1) is 3.57 Å². The van der Waals surface area contributed by atoms with Crippen LogP contribution in [0.15, 0.2) is 201 Å². The SMILES string of the molecule is CCOC(=O)c1cnc(N(c2ccccc2)c2ccccc2Cl)nc1.CCOC(=O)c1cnc(Nc2ccccc2)nc1.Clc1ccccc1I.O=C(O)c1cnc(N(c2ccccc2)c2ccccc2Cl)nc1. The van der Waals surface area contributed by atoms with E-state index in [0.717, 1.165) is 31.3 Å². The van der Waals surface area contributed by atoms with E-state index in [1.807, 2.05) is 157 Å². The van der Waals surface area contributed by atoms with E-state index >= 15 is 0 Å². The summed E-state index contributed by atoms with van der Waals surface area (Å²) in [5.74, 6) is -0.738. The lowest BCUT2D eigenvalue weighted by Crippen LogP contribution is -2.15. The highest BCUT2D eigenvalue weighted by Gasteiger charge is 2.20. The number of carboxylic acid groups (broad SMARTS) is 1. The van der Waals surface area contributed by atoms with Gasteiger partial charge in [-0.3, -0.25) is 9.80 Å². The van der Waals surface area contributed by atoms with Gasteiger partial charge >= 0.3 is 17.9 Å². The predicted octanol–water partition coefficient (Wildman–Crippen LogP) is 14.4. The van der Waals surface area contributed by atoms with E-state index in [4.69, 9.17) is 49.4 Å². The number of ether oxygens (including phenoxy) is 2. The maximum atomic E-state index is 11.8. The average Bonchev–Trinajstić information content (AvgIpc) is 3.43. The lowest BCUT2D eigenvalue weighted by Gasteiger charge is -2.23. The molecule has 0 amide bonds. The molecule has 0 spiro atoms. The van der Waals surface area contributed by atoms with Crippen LogP contribution in [-0.4, -0.2) is 66.1 Å². The number of hydrogen-bond donors (Lipinski definition) is 2. The van der Waals surface area contributed by atoms with Crippen LogP contribution in [0.4, 0.5) is 46.3 Å². The number of aromatic carboxylic acids is 1. The number of benzene rings is 6. The molecule has 0 fully saturated rings. The van der Waals surface area contributed by atoms with Crippen LogP contribution >= 0.6 is 57.4 Å². The minimum atomic E-state index is -1.07. The summed E-state index contributed by atoms with van der Waals surface area (Å²) in [6.45, 7) is 4.14. The molecule has 0 aliphatic carbocycles. The third kappa shape index (κ3) is 16.2. The quantitative estimate of drug-likeness (QED) is 0.0820. The van der Waals surface area contributed by atoms with Gasteiger partial charge in [-0.25, -0.2) is 44.3 Å². The van der Waals surface area contributed by atoms with Gasteiger partial charge in [-0.1, -0.05) is 126 Å². The molecule has 0 aliphatic heterocycles. The molecule has 0 radical (unpaired) electrons. The Morgan fingerprint density at radius 3 is 1.20 bits per heavy atom. The number of carboxylic acids is 1. The summed E-state index contributed by atoms with van der Waals surface area (Å²) in [6, 6.07) is 51.2. The first kappa shape index (κ1) is 55.3. The molecule has 3 heterocycles. The van der Waals surface area contributed by atoms with Gasteiger partial charge in [-0.2, -0.15) is 0 Å². The molecular weight excluding hydrogens is 1120 g/mol. The molecule has 9 aromatic rings.